The predicted octanol–water partition coefficient (Wildman–Crippen LogP) is 0.915. The molecule has 25 heavy (non-hydrogen) atoms. The van der Waals surface area contributed by atoms with Crippen LogP contribution in [0.3, 0.4) is 0 Å². The number of hydrogen-bond acceptors (Lipinski definition) is 8. The van der Waals surface area contributed by atoms with Gasteiger partial charge in [0.25, 0.3) is 0 Å². The molecule has 8 heteroatoms. The van der Waals surface area contributed by atoms with Gasteiger partial charge in [-0.05, 0) is 19.1 Å². The third kappa shape index (κ3) is 3.69. The molecule has 2 fully saturated rings. The Morgan fingerprint density at radius 1 is 0.760 bits per heavy atom. The van der Waals surface area contributed by atoms with Crippen molar-refractivity contribution in [2.75, 3.05) is 62.4 Å². The predicted molar refractivity (Wildman–Crippen MR) is 93.9 cm³/mol. The summed E-state index contributed by atoms with van der Waals surface area (Å²) in [5.74, 6) is 2.00. The topological polar surface area (TPSA) is 76.5 Å². The minimum absolute atomic E-state index is 0.613. The van der Waals surface area contributed by atoms with Gasteiger partial charge >= 0.3 is 0 Å². The van der Waals surface area contributed by atoms with E-state index in [-0.39, 0.29) is 0 Å². The average molecular weight is 342 g/mol. The molecular formula is C17H22N6O2. The second-order valence-corrected chi connectivity index (χ2v) is 6.12. The first-order valence-corrected chi connectivity index (χ1v) is 8.65. The molecule has 8 nitrogen and oxygen atoms in total. The van der Waals surface area contributed by atoms with Gasteiger partial charge in [0.2, 0.25) is 11.9 Å². The Morgan fingerprint density at radius 3 is 1.84 bits per heavy atom. The number of rotatable bonds is 3. The van der Waals surface area contributed by atoms with Crippen molar-refractivity contribution in [3.8, 4) is 11.5 Å². The molecule has 0 saturated carbocycles. The Morgan fingerprint density at radius 2 is 1.32 bits per heavy atom. The first kappa shape index (κ1) is 16.2. The molecule has 0 aromatic carbocycles. The summed E-state index contributed by atoms with van der Waals surface area (Å²) in [7, 11) is 0. The van der Waals surface area contributed by atoms with Crippen LogP contribution < -0.4 is 9.80 Å². The molecule has 0 atom stereocenters. The molecule has 132 valence electrons. The van der Waals surface area contributed by atoms with Gasteiger partial charge in [-0.25, -0.2) is 4.98 Å². The molecule has 0 radical (unpaired) electrons. The van der Waals surface area contributed by atoms with Crippen molar-refractivity contribution in [2.24, 2.45) is 0 Å². The molecule has 2 aromatic rings. The average Bonchev–Trinajstić information content (AvgIpc) is 2.69. The Labute approximate surface area is 146 Å². The van der Waals surface area contributed by atoms with E-state index < -0.39 is 0 Å². The van der Waals surface area contributed by atoms with E-state index in [2.05, 4.69) is 14.8 Å². The highest BCUT2D eigenvalue weighted by molar-refractivity contribution is 5.55. The normalized spacial score (nSPS) is 18.4. The molecule has 0 unspecified atom stereocenters. The quantitative estimate of drug-likeness (QED) is 0.815. The number of morpholine rings is 2. The van der Waals surface area contributed by atoms with Crippen molar-refractivity contribution in [1.29, 1.82) is 0 Å². The first-order chi connectivity index (χ1) is 12.3. The van der Waals surface area contributed by atoms with Crippen LogP contribution in [0.4, 0.5) is 11.9 Å². The van der Waals surface area contributed by atoms with Crippen molar-refractivity contribution < 1.29 is 9.47 Å². The fraction of sp³-hybridized carbons (Fsp3) is 0.529. The summed E-state index contributed by atoms with van der Waals surface area (Å²) in [6.07, 6.45) is 0. The zero-order chi connectivity index (χ0) is 17.1. The minimum atomic E-state index is 0.613. The van der Waals surface area contributed by atoms with Crippen molar-refractivity contribution in [2.45, 2.75) is 6.92 Å². The number of ether oxygens (including phenoxy) is 2. The van der Waals surface area contributed by atoms with Crippen LogP contribution in [0.2, 0.25) is 0 Å². The maximum Gasteiger partial charge on any atom is 0.230 e. The van der Waals surface area contributed by atoms with Gasteiger partial charge in [0.05, 0.1) is 26.4 Å². The summed E-state index contributed by atoms with van der Waals surface area (Å²) >= 11 is 0. The third-order valence-corrected chi connectivity index (χ3v) is 4.32. The standard InChI is InChI=1S/C17H22N6O2/c1-13-3-2-4-14(18-13)15-19-16(22-5-9-24-10-6-22)21-17(20-15)23-7-11-25-12-8-23/h2-4H,5-12H2,1H3. The van der Waals surface area contributed by atoms with Gasteiger partial charge in [-0.3, -0.25) is 0 Å². The Balaban J connectivity index is 1.73. The van der Waals surface area contributed by atoms with Crippen LogP contribution in [0.1, 0.15) is 5.69 Å². The second-order valence-electron chi connectivity index (χ2n) is 6.12. The number of aromatic nitrogens is 4. The van der Waals surface area contributed by atoms with Gasteiger partial charge in [0.15, 0.2) is 5.82 Å². The first-order valence-electron chi connectivity index (χ1n) is 8.65. The summed E-state index contributed by atoms with van der Waals surface area (Å²) < 4.78 is 10.9. The second kappa shape index (κ2) is 7.28. The minimum Gasteiger partial charge on any atom is -0.378 e. The molecular weight excluding hydrogens is 320 g/mol. The van der Waals surface area contributed by atoms with Crippen molar-refractivity contribution >= 4 is 11.9 Å². The number of aryl methyl sites for hydroxylation is 1. The van der Waals surface area contributed by atoms with Crippen molar-refractivity contribution in [3.05, 3.63) is 23.9 Å². The van der Waals surface area contributed by atoms with Gasteiger partial charge < -0.3 is 19.3 Å². The van der Waals surface area contributed by atoms with Gasteiger partial charge in [0.1, 0.15) is 5.69 Å². The van der Waals surface area contributed by atoms with E-state index >= 15 is 0 Å². The largest absolute Gasteiger partial charge is 0.378 e. The molecule has 2 aromatic heterocycles. The van der Waals surface area contributed by atoms with Crippen molar-refractivity contribution in [1.82, 2.24) is 19.9 Å². The molecule has 4 heterocycles. The Hall–Kier alpha value is -2.32. The molecule has 4 rings (SSSR count). The maximum atomic E-state index is 5.45. The SMILES string of the molecule is Cc1cccc(-c2nc(N3CCOCC3)nc(N3CCOCC3)n2)n1. The van der Waals surface area contributed by atoms with E-state index in [0.29, 0.717) is 44.1 Å². The molecule has 0 aliphatic carbocycles. The van der Waals surface area contributed by atoms with Crippen molar-refractivity contribution in [3.63, 3.8) is 0 Å². The Kier molecular flexibility index (Phi) is 4.71. The van der Waals surface area contributed by atoms with E-state index in [1.54, 1.807) is 0 Å². The van der Waals surface area contributed by atoms with Crippen LogP contribution in [0.5, 0.6) is 0 Å². The highest BCUT2D eigenvalue weighted by atomic mass is 16.5. The zero-order valence-corrected chi connectivity index (χ0v) is 14.4. The number of nitrogens with zero attached hydrogens (tertiary/aromatic N) is 6. The van der Waals surface area contributed by atoms with Gasteiger partial charge in [-0.2, -0.15) is 15.0 Å². The smallest absolute Gasteiger partial charge is 0.230 e. The van der Waals surface area contributed by atoms with Gasteiger partial charge in [-0.15, -0.1) is 0 Å². The van der Waals surface area contributed by atoms with Crippen LogP contribution in [0.25, 0.3) is 11.5 Å². The fourth-order valence-corrected chi connectivity index (χ4v) is 2.95. The fourth-order valence-electron chi connectivity index (χ4n) is 2.95. The zero-order valence-electron chi connectivity index (χ0n) is 14.4. The number of anilines is 2. The summed E-state index contributed by atoms with van der Waals surface area (Å²) in [5.41, 5.74) is 1.71. The summed E-state index contributed by atoms with van der Waals surface area (Å²) in [5, 5.41) is 0. The van der Waals surface area contributed by atoms with E-state index in [9.17, 15) is 0 Å². The highest BCUT2D eigenvalue weighted by Gasteiger charge is 2.21. The molecule has 2 aliphatic rings. The Bertz CT molecular complexity index is 693. The van der Waals surface area contributed by atoms with Gasteiger partial charge in [-0.1, -0.05) is 6.07 Å². The summed E-state index contributed by atoms with van der Waals surface area (Å²) in [6.45, 7) is 7.87. The summed E-state index contributed by atoms with van der Waals surface area (Å²) in [4.78, 5) is 23.0. The molecule has 0 bridgehead atoms. The van der Waals surface area contributed by atoms with Crippen LogP contribution in [-0.2, 0) is 9.47 Å². The van der Waals surface area contributed by atoms with Crippen LogP contribution in [-0.4, -0.2) is 72.5 Å². The lowest BCUT2D eigenvalue weighted by Gasteiger charge is -2.30. The lowest BCUT2D eigenvalue weighted by atomic mass is 10.3. The molecule has 2 saturated heterocycles. The monoisotopic (exact) mass is 342 g/mol. The third-order valence-electron chi connectivity index (χ3n) is 4.32. The van der Waals surface area contributed by atoms with Crippen LogP contribution in [0.15, 0.2) is 18.2 Å². The lowest BCUT2D eigenvalue weighted by Crippen LogP contribution is -2.40. The highest BCUT2D eigenvalue weighted by Crippen LogP contribution is 2.21. The molecule has 2 aliphatic heterocycles. The summed E-state index contributed by atoms with van der Waals surface area (Å²) in [6, 6.07) is 5.88. The molecule has 0 spiro atoms. The van der Waals surface area contributed by atoms with Crippen LogP contribution >= 0.6 is 0 Å². The number of pyridine rings is 1. The van der Waals surface area contributed by atoms with Crippen LogP contribution in [0, 0.1) is 6.92 Å². The van der Waals surface area contributed by atoms with E-state index in [1.165, 1.54) is 0 Å². The van der Waals surface area contributed by atoms with Gasteiger partial charge in [0, 0.05) is 31.9 Å². The number of hydrogen-bond donors (Lipinski definition) is 0. The maximum absolute atomic E-state index is 5.45. The molecule has 0 N–H and O–H groups in total. The lowest BCUT2D eigenvalue weighted by molar-refractivity contribution is 0.121. The van der Waals surface area contributed by atoms with E-state index in [0.717, 1.165) is 37.6 Å². The van der Waals surface area contributed by atoms with E-state index in [4.69, 9.17) is 24.4 Å². The molecule has 0 amide bonds. The van der Waals surface area contributed by atoms with E-state index in [1.807, 2.05) is 25.1 Å².